The van der Waals surface area contributed by atoms with Crippen LogP contribution in [0.3, 0.4) is 0 Å². The average molecular weight is 402 g/mol. The monoisotopic (exact) mass is 401 g/mol. The largest absolute Gasteiger partial charge is 0.351 e. The summed E-state index contributed by atoms with van der Waals surface area (Å²) in [5.41, 5.74) is 1.53. The van der Waals surface area contributed by atoms with Gasteiger partial charge in [0.05, 0.1) is 16.7 Å². The van der Waals surface area contributed by atoms with Crippen molar-refractivity contribution in [2.24, 2.45) is 0 Å². The Morgan fingerprint density at radius 3 is 2.59 bits per heavy atom. The molecule has 27 heavy (non-hydrogen) atoms. The van der Waals surface area contributed by atoms with E-state index in [1.54, 1.807) is 22.8 Å². The molecule has 0 spiro atoms. The molecular weight excluding hydrogens is 382 g/mol. The first-order valence-electron chi connectivity index (χ1n) is 8.61. The van der Waals surface area contributed by atoms with Gasteiger partial charge in [-0.3, -0.25) is 14.2 Å². The first-order chi connectivity index (χ1) is 13.0. The van der Waals surface area contributed by atoms with Gasteiger partial charge in [-0.25, -0.2) is 4.98 Å². The van der Waals surface area contributed by atoms with Crippen LogP contribution in [0, 0.1) is 0 Å². The molecule has 0 aliphatic carbocycles. The summed E-state index contributed by atoms with van der Waals surface area (Å²) in [4.78, 5) is 29.6. The van der Waals surface area contributed by atoms with Gasteiger partial charge in [0, 0.05) is 17.6 Å². The SMILES string of the molecule is CC(C)n1c(SCC(=O)NCc2ccc(Cl)cc2)nc2ccccc2c1=O. The third-order valence-electron chi connectivity index (χ3n) is 4.03. The Labute approximate surface area is 166 Å². The van der Waals surface area contributed by atoms with E-state index in [1.165, 1.54) is 11.8 Å². The van der Waals surface area contributed by atoms with E-state index in [4.69, 9.17) is 11.6 Å². The van der Waals surface area contributed by atoms with Crippen LogP contribution >= 0.6 is 23.4 Å². The molecule has 1 aromatic heterocycles. The Bertz CT molecular complexity index is 1020. The summed E-state index contributed by atoms with van der Waals surface area (Å²) in [7, 11) is 0. The molecule has 0 radical (unpaired) electrons. The zero-order valence-electron chi connectivity index (χ0n) is 15.1. The van der Waals surface area contributed by atoms with Gasteiger partial charge in [-0.05, 0) is 43.7 Å². The van der Waals surface area contributed by atoms with Crippen molar-refractivity contribution in [1.82, 2.24) is 14.9 Å². The number of nitrogens with one attached hydrogen (secondary N) is 1. The number of nitrogens with zero attached hydrogens (tertiary/aromatic N) is 2. The molecule has 140 valence electrons. The van der Waals surface area contributed by atoms with Gasteiger partial charge in [0.15, 0.2) is 5.16 Å². The van der Waals surface area contributed by atoms with Crippen molar-refractivity contribution >= 4 is 40.2 Å². The normalized spacial score (nSPS) is 11.1. The molecule has 0 aliphatic rings. The van der Waals surface area contributed by atoms with E-state index in [0.717, 1.165) is 5.56 Å². The number of halogens is 1. The second-order valence-electron chi connectivity index (χ2n) is 6.37. The Morgan fingerprint density at radius 2 is 1.89 bits per heavy atom. The molecule has 0 atom stereocenters. The van der Waals surface area contributed by atoms with E-state index in [9.17, 15) is 9.59 Å². The lowest BCUT2D eigenvalue weighted by molar-refractivity contribution is -0.118. The van der Waals surface area contributed by atoms with Crippen molar-refractivity contribution < 1.29 is 4.79 Å². The van der Waals surface area contributed by atoms with Crippen LogP contribution in [0.2, 0.25) is 5.02 Å². The third kappa shape index (κ3) is 4.70. The molecule has 2 aromatic carbocycles. The number of benzene rings is 2. The van der Waals surface area contributed by atoms with E-state index < -0.39 is 0 Å². The number of hydrogen-bond acceptors (Lipinski definition) is 4. The summed E-state index contributed by atoms with van der Waals surface area (Å²) in [6, 6.07) is 14.5. The summed E-state index contributed by atoms with van der Waals surface area (Å²) in [5.74, 6) is 0.0677. The number of hydrogen-bond donors (Lipinski definition) is 1. The fourth-order valence-corrected chi connectivity index (χ4v) is 3.75. The molecule has 0 aliphatic heterocycles. The zero-order chi connectivity index (χ0) is 19.4. The number of carbonyl (C=O) groups is 1. The van der Waals surface area contributed by atoms with Gasteiger partial charge in [-0.1, -0.05) is 47.6 Å². The Hall–Kier alpha value is -2.31. The van der Waals surface area contributed by atoms with Crippen molar-refractivity contribution in [1.29, 1.82) is 0 Å². The maximum absolute atomic E-state index is 12.8. The standard InChI is InChI=1S/C20H20ClN3O2S/c1-13(2)24-19(26)16-5-3-4-6-17(16)23-20(24)27-12-18(25)22-11-14-7-9-15(21)10-8-14/h3-10,13H,11-12H2,1-2H3,(H,22,25). The molecule has 0 saturated heterocycles. The smallest absolute Gasteiger partial charge is 0.262 e. The van der Waals surface area contributed by atoms with Crippen molar-refractivity contribution in [2.75, 3.05) is 5.75 Å². The van der Waals surface area contributed by atoms with Crippen molar-refractivity contribution in [3.63, 3.8) is 0 Å². The summed E-state index contributed by atoms with van der Waals surface area (Å²) >= 11 is 7.13. The van der Waals surface area contributed by atoms with Gasteiger partial charge in [-0.2, -0.15) is 0 Å². The van der Waals surface area contributed by atoms with Crippen LogP contribution in [0.4, 0.5) is 0 Å². The lowest BCUT2D eigenvalue weighted by Gasteiger charge is -2.16. The molecular formula is C20H20ClN3O2S. The molecule has 1 N–H and O–H groups in total. The van der Waals surface area contributed by atoms with Gasteiger partial charge in [0.2, 0.25) is 5.91 Å². The van der Waals surface area contributed by atoms with Crippen molar-refractivity contribution in [3.05, 3.63) is 69.5 Å². The highest BCUT2D eigenvalue weighted by atomic mass is 35.5. The second-order valence-corrected chi connectivity index (χ2v) is 7.75. The van der Waals surface area contributed by atoms with Crippen LogP contribution < -0.4 is 10.9 Å². The summed E-state index contributed by atoms with van der Waals surface area (Å²) < 4.78 is 1.64. The summed E-state index contributed by atoms with van der Waals surface area (Å²) in [6.45, 7) is 4.30. The molecule has 0 bridgehead atoms. The molecule has 1 heterocycles. The Kier molecular flexibility index (Phi) is 6.19. The van der Waals surface area contributed by atoms with Crippen LogP contribution in [0.1, 0.15) is 25.5 Å². The quantitative estimate of drug-likeness (QED) is 0.500. The molecule has 0 fully saturated rings. The summed E-state index contributed by atoms with van der Waals surface area (Å²) in [5, 5.41) is 4.67. The first kappa shape index (κ1) is 19.5. The predicted octanol–water partition coefficient (Wildman–Crippen LogP) is 4.04. The van der Waals surface area contributed by atoms with E-state index in [-0.39, 0.29) is 23.3 Å². The van der Waals surface area contributed by atoms with Crippen molar-refractivity contribution in [3.8, 4) is 0 Å². The molecule has 5 nitrogen and oxygen atoms in total. The number of carbonyl (C=O) groups excluding carboxylic acids is 1. The van der Waals surface area contributed by atoms with Crippen LogP contribution in [-0.2, 0) is 11.3 Å². The lowest BCUT2D eigenvalue weighted by Crippen LogP contribution is -2.27. The van der Waals surface area contributed by atoms with Gasteiger partial charge in [0.25, 0.3) is 5.56 Å². The van der Waals surface area contributed by atoms with Crippen molar-refractivity contribution in [2.45, 2.75) is 31.6 Å². The van der Waals surface area contributed by atoms with E-state index in [1.807, 2.05) is 44.2 Å². The molecule has 1 amide bonds. The van der Waals surface area contributed by atoms with Crippen LogP contribution in [-0.4, -0.2) is 21.2 Å². The second kappa shape index (κ2) is 8.59. The molecule has 0 saturated carbocycles. The van der Waals surface area contributed by atoms with Gasteiger partial charge >= 0.3 is 0 Å². The van der Waals surface area contributed by atoms with Crippen LogP contribution in [0.25, 0.3) is 10.9 Å². The van der Waals surface area contributed by atoms with Crippen LogP contribution in [0.5, 0.6) is 0 Å². The first-order valence-corrected chi connectivity index (χ1v) is 9.97. The minimum Gasteiger partial charge on any atom is -0.351 e. The number of thioether (sulfide) groups is 1. The predicted molar refractivity (Wildman–Crippen MR) is 110 cm³/mol. The van der Waals surface area contributed by atoms with Gasteiger partial charge in [0.1, 0.15) is 0 Å². The molecule has 0 unspecified atom stereocenters. The Morgan fingerprint density at radius 1 is 1.19 bits per heavy atom. The fourth-order valence-electron chi connectivity index (χ4n) is 2.67. The maximum Gasteiger partial charge on any atom is 0.262 e. The van der Waals surface area contributed by atoms with E-state index in [2.05, 4.69) is 10.3 Å². The highest BCUT2D eigenvalue weighted by Crippen LogP contribution is 2.20. The number of para-hydroxylation sites is 1. The van der Waals surface area contributed by atoms with E-state index >= 15 is 0 Å². The number of fused-ring (bicyclic) bond motifs is 1. The number of rotatable bonds is 6. The molecule has 3 aromatic rings. The van der Waals surface area contributed by atoms with Crippen LogP contribution in [0.15, 0.2) is 58.5 Å². The molecule has 3 rings (SSSR count). The number of aromatic nitrogens is 2. The summed E-state index contributed by atoms with van der Waals surface area (Å²) in [6.07, 6.45) is 0. The lowest BCUT2D eigenvalue weighted by atomic mass is 10.2. The topological polar surface area (TPSA) is 64.0 Å². The maximum atomic E-state index is 12.8. The average Bonchev–Trinajstić information content (AvgIpc) is 2.65. The third-order valence-corrected chi connectivity index (χ3v) is 5.23. The zero-order valence-corrected chi connectivity index (χ0v) is 16.7. The minimum atomic E-state index is -0.118. The van der Waals surface area contributed by atoms with E-state index in [0.29, 0.717) is 27.6 Å². The fraction of sp³-hybridized carbons (Fsp3) is 0.250. The van der Waals surface area contributed by atoms with Gasteiger partial charge in [-0.15, -0.1) is 0 Å². The highest BCUT2D eigenvalue weighted by molar-refractivity contribution is 7.99. The van der Waals surface area contributed by atoms with Gasteiger partial charge < -0.3 is 5.32 Å². The highest BCUT2D eigenvalue weighted by Gasteiger charge is 2.15. The molecule has 7 heteroatoms. The minimum absolute atomic E-state index is 0.0470. The Balaban J connectivity index is 1.72. The number of amides is 1.